The van der Waals surface area contributed by atoms with E-state index in [0.717, 1.165) is 41.4 Å². The normalized spacial score (nSPS) is 20.7. The third kappa shape index (κ3) is 3.31. The van der Waals surface area contributed by atoms with Crippen molar-refractivity contribution in [1.82, 2.24) is 15.0 Å². The molecule has 0 aliphatic heterocycles. The zero-order valence-corrected chi connectivity index (χ0v) is 16.0. The van der Waals surface area contributed by atoms with E-state index in [0.29, 0.717) is 11.9 Å². The van der Waals surface area contributed by atoms with Gasteiger partial charge in [-0.2, -0.15) is 0 Å². The number of nitrogens with zero attached hydrogens (tertiary/aromatic N) is 3. The molecule has 26 heavy (non-hydrogen) atoms. The van der Waals surface area contributed by atoms with Crippen LogP contribution in [0.2, 0.25) is 0 Å². The van der Waals surface area contributed by atoms with Gasteiger partial charge in [-0.3, -0.25) is 0 Å². The number of aromatic nitrogens is 3. The number of ether oxygens (including phenoxy) is 1. The summed E-state index contributed by atoms with van der Waals surface area (Å²) in [5, 5.41) is 1.28. The molecule has 1 aromatic carbocycles. The first kappa shape index (κ1) is 17.4. The van der Waals surface area contributed by atoms with Gasteiger partial charge in [0.15, 0.2) is 0 Å². The van der Waals surface area contributed by atoms with Gasteiger partial charge >= 0.3 is 6.01 Å². The monoisotopic (exact) mass is 368 g/mol. The Bertz CT molecular complexity index is 886. The van der Waals surface area contributed by atoms with Crippen molar-refractivity contribution in [3.05, 3.63) is 35.6 Å². The molecule has 2 N–H and O–H groups in total. The van der Waals surface area contributed by atoms with Crippen molar-refractivity contribution < 1.29 is 4.74 Å². The van der Waals surface area contributed by atoms with Crippen LogP contribution in [-0.2, 0) is 0 Å². The first-order valence-corrected chi connectivity index (χ1v) is 9.96. The van der Waals surface area contributed by atoms with E-state index in [-0.39, 0.29) is 0 Å². The van der Waals surface area contributed by atoms with Crippen LogP contribution in [0, 0.1) is 11.8 Å². The highest BCUT2D eigenvalue weighted by atomic mass is 32.1. The summed E-state index contributed by atoms with van der Waals surface area (Å²) in [5.41, 5.74) is 8.88. The molecule has 1 fully saturated rings. The SMILES string of the molecule is COc1ncc(-c2ccc3nc(C4CC(C(C)CCN)C4)sc3c2)cn1. The van der Waals surface area contributed by atoms with Crippen LogP contribution < -0.4 is 10.5 Å². The van der Waals surface area contributed by atoms with Gasteiger partial charge in [-0.15, -0.1) is 11.3 Å². The van der Waals surface area contributed by atoms with Crippen LogP contribution in [0.1, 0.15) is 37.1 Å². The number of rotatable bonds is 6. The van der Waals surface area contributed by atoms with Crippen molar-refractivity contribution in [2.24, 2.45) is 17.6 Å². The van der Waals surface area contributed by atoms with E-state index in [4.69, 9.17) is 15.5 Å². The minimum Gasteiger partial charge on any atom is -0.467 e. The van der Waals surface area contributed by atoms with Crippen LogP contribution in [0.5, 0.6) is 6.01 Å². The van der Waals surface area contributed by atoms with Gasteiger partial charge in [0.25, 0.3) is 0 Å². The second-order valence-electron chi connectivity index (χ2n) is 7.18. The van der Waals surface area contributed by atoms with Crippen LogP contribution in [-0.4, -0.2) is 28.6 Å². The molecule has 1 aliphatic rings. The topological polar surface area (TPSA) is 73.9 Å². The number of thiazole rings is 1. The lowest BCUT2D eigenvalue weighted by Crippen LogP contribution is -2.28. The lowest BCUT2D eigenvalue weighted by molar-refractivity contribution is 0.178. The molecule has 1 atom stereocenters. The van der Waals surface area contributed by atoms with Crippen LogP contribution in [0.3, 0.4) is 0 Å². The van der Waals surface area contributed by atoms with Crippen molar-refractivity contribution in [2.45, 2.75) is 32.1 Å². The Morgan fingerprint density at radius 2 is 2.00 bits per heavy atom. The van der Waals surface area contributed by atoms with Gasteiger partial charge in [0, 0.05) is 23.9 Å². The Kier molecular flexibility index (Phi) is 4.87. The molecule has 6 heteroatoms. The summed E-state index contributed by atoms with van der Waals surface area (Å²) < 4.78 is 6.26. The smallest absolute Gasteiger partial charge is 0.316 e. The van der Waals surface area contributed by atoms with Gasteiger partial charge in [0.2, 0.25) is 0 Å². The molecule has 1 saturated carbocycles. The fourth-order valence-corrected chi connectivity index (χ4v) is 4.83. The summed E-state index contributed by atoms with van der Waals surface area (Å²) >= 11 is 1.82. The van der Waals surface area contributed by atoms with E-state index in [1.807, 2.05) is 11.3 Å². The van der Waals surface area contributed by atoms with Gasteiger partial charge in [-0.05, 0) is 55.3 Å². The molecule has 0 amide bonds. The number of nitrogens with two attached hydrogens (primary N) is 1. The summed E-state index contributed by atoms with van der Waals surface area (Å²) in [6, 6.07) is 6.76. The summed E-state index contributed by atoms with van der Waals surface area (Å²) in [4.78, 5) is 13.3. The maximum atomic E-state index is 5.69. The third-order valence-corrected chi connectivity index (χ3v) is 6.68. The average molecular weight is 369 g/mol. The summed E-state index contributed by atoms with van der Waals surface area (Å²) in [7, 11) is 1.57. The highest BCUT2D eigenvalue weighted by Crippen LogP contribution is 2.47. The molecule has 0 saturated heterocycles. The Morgan fingerprint density at radius 3 is 2.69 bits per heavy atom. The fraction of sp³-hybridized carbons (Fsp3) is 0.450. The standard InChI is InChI=1S/C20H24N4OS/c1-12(5-6-21)14-7-15(8-14)19-24-17-4-3-13(9-18(17)26-19)16-10-22-20(25-2)23-11-16/h3-4,9-12,14-15H,5-8,21H2,1-2H3. The number of benzene rings is 1. The van der Waals surface area contributed by atoms with Crippen molar-refractivity contribution in [2.75, 3.05) is 13.7 Å². The summed E-state index contributed by atoms with van der Waals surface area (Å²) in [6.45, 7) is 3.12. The van der Waals surface area contributed by atoms with E-state index < -0.39 is 0 Å². The van der Waals surface area contributed by atoms with Gasteiger partial charge < -0.3 is 10.5 Å². The van der Waals surface area contributed by atoms with Crippen molar-refractivity contribution in [1.29, 1.82) is 0 Å². The van der Waals surface area contributed by atoms with E-state index in [2.05, 4.69) is 35.1 Å². The zero-order chi connectivity index (χ0) is 18.1. The van der Waals surface area contributed by atoms with Gasteiger partial charge in [0.05, 0.1) is 22.3 Å². The average Bonchev–Trinajstić information content (AvgIpc) is 3.03. The van der Waals surface area contributed by atoms with Gasteiger partial charge in [-0.25, -0.2) is 15.0 Å². The molecule has 0 spiro atoms. The minimum absolute atomic E-state index is 0.387. The number of fused-ring (bicyclic) bond motifs is 1. The lowest BCUT2D eigenvalue weighted by Gasteiger charge is -2.38. The predicted octanol–water partition coefficient (Wildman–Crippen LogP) is 4.24. The van der Waals surface area contributed by atoms with Gasteiger partial charge in [0.1, 0.15) is 0 Å². The quantitative estimate of drug-likeness (QED) is 0.704. The largest absolute Gasteiger partial charge is 0.467 e. The molecule has 2 heterocycles. The molecular weight excluding hydrogens is 344 g/mol. The van der Waals surface area contributed by atoms with Gasteiger partial charge in [-0.1, -0.05) is 13.0 Å². The minimum atomic E-state index is 0.387. The van der Waals surface area contributed by atoms with E-state index in [1.165, 1.54) is 22.5 Å². The maximum Gasteiger partial charge on any atom is 0.316 e. The molecule has 1 aliphatic carbocycles. The van der Waals surface area contributed by atoms with Crippen LogP contribution in [0.15, 0.2) is 30.6 Å². The second kappa shape index (κ2) is 7.29. The molecule has 136 valence electrons. The number of methoxy groups -OCH3 is 1. The summed E-state index contributed by atoms with van der Waals surface area (Å²) in [5.74, 6) is 2.15. The Balaban J connectivity index is 1.51. The number of hydrogen-bond donors (Lipinski definition) is 1. The molecule has 1 unspecified atom stereocenters. The first-order chi connectivity index (χ1) is 12.7. The van der Waals surface area contributed by atoms with Crippen LogP contribution in [0.25, 0.3) is 21.3 Å². The third-order valence-electron chi connectivity index (χ3n) is 5.50. The Hall–Kier alpha value is -2.05. The molecule has 5 nitrogen and oxygen atoms in total. The van der Waals surface area contributed by atoms with Crippen molar-refractivity contribution in [3.8, 4) is 17.1 Å². The predicted molar refractivity (Wildman–Crippen MR) is 105 cm³/mol. The highest BCUT2D eigenvalue weighted by Gasteiger charge is 2.35. The zero-order valence-electron chi connectivity index (χ0n) is 15.2. The highest BCUT2D eigenvalue weighted by molar-refractivity contribution is 7.18. The fourth-order valence-electron chi connectivity index (χ4n) is 3.69. The number of hydrogen-bond acceptors (Lipinski definition) is 6. The van der Waals surface area contributed by atoms with Crippen molar-refractivity contribution >= 4 is 21.6 Å². The lowest BCUT2D eigenvalue weighted by atomic mass is 9.68. The second-order valence-corrected chi connectivity index (χ2v) is 8.24. The molecule has 0 bridgehead atoms. The molecule has 0 radical (unpaired) electrons. The van der Waals surface area contributed by atoms with Crippen LogP contribution in [0.4, 0.5) is 0 Å². The molecule has 3 aromatic rings. The van der Waals surface area contributed by atoms with E-state index in [9.17, 15) is 0 Å². The first-order valence-electron chi connectivity index (χ1n) is 9.15. The van der Waals surface area contributed by atoms with Crippen LogP contribution >= 0.6 is 11.3 Å². The van der Waals surface area contributed by atoms with Crippen molar-refractivity contribution in [3.63, 3.8) is 0 Å². The van der Waals surface area contributed by atoms with E-state index in [1.54, 1.807) is 19.5 Å². The Labute approximate surface area is 157 Å². The maximum absolute atomic E-state index is 5.69. The molecule has 2 aromatic heterocycles. The molecular formula is C20H24N4OS. The summed E-state index contributed by atoms with van der Waals surface area (Å²) in [6.07, 6.45) is 7.22. The van der Waals surface area contributed by atoms with E-state index >= 15 is 0 Å². The Morgan fingerprint density at radius 1 is 1.23 bits per heavy atom. The molecule has 4 rings (SSSR count).